The van der Waals surface area contributed by atoms with Gasteiger partial charge in [0.1, 0.15) is 11.5 Å². The first-order chi connectivity index (χ1) is 14.2. The van der Waals surface area contributed by atoms with Crippen LogP contribution in [0.2, 0.25) is 0 Å². The Balaban J connectivity index is 1.34. The van der Waals surface area contributed by atoms with Crippen LogP contribution in [0.25, 0.3) is 0 Å². The molecule has 1 unspecified atom stereocenters. The number of likely N-dealkylation sites (N-methyl/N-ethyl adjacent to an activating group) is 1. The first-order valence-corrected chi connectivity index (χ1v) is 9.86. The van der Waals surface area contributed by atoms with Crippen LogP contribution in [0.1, 0.15) is 30.0 Å². The van der Waals surface area contributed by atoms with Gasteiger partial charge in [0.15, 0.2) is 6.61 Å². The molecule has 0 saturated carbocycles. The highest BCUT2D eigenvalue weighted by molar-refractivity contribution is 5.78. The summed E-state index contributed by atoms with van der Waals surface area (Å²) in [7, 11) is 1.86. The lowest BCUT2D eigenvalue weighted by molar-refractivity contribution is -0.134. The molecule has 1 aromatic heterocycles. The minimum Gasteiger partial charge on any atom is -0.484 e. The number of aromatic nitrogens is 1. The molecule has 2 aromatic carbocycles. The Labute approximate surface area is 170 Å². The molecule has 5 heteroatoms. The molecule has 3 aromatic rings. The summed E-state index contributed by atoms with van der Waals surface area (Å²) in [6.45, 7) is 0.00954. The maximum absolute atomic E-state index is 12.7. The third kappa shape index (κ3) is 4.57. The molecule has 0 radical (unpaired) electrons. The second-order valence-electron chi connectivity index (χ2n) is 7.14. The van der Waals surface area contributed by atoms with Crippen LogP contribution in [0.15, 0.2) is 72.9 Å². The van der Waals surface area contributed by atoms with Gasteiger partial charge in [-0.25, -0.2) is 4.98 Å². The Morgan fingerprint density at radius 1 is 1.03 bits per heavy atom. The van der Waals surface area contributed by atoms with E-state index in [1.165, 1.54) is 11.1 Å². The van der Waals surface area contributed by atoms with Crippen molar-refractivity contribution in [2.24, 2.45) is 0 Å². The van der Waals surface area contributed by atoms with Crippen molar-refractivity contribution in [1.82, 2.24) is 9.88 Å². The smallest absolute Gasteiger partial charge is 0.260 e. The summed E-state index contributed by atoms with van der Waals surface area (Å²) in [6.07, 6.45) is 4.84. The summed E-state index contributed by atoms with van der Waals surface area (Å²) in [5.41, 5.74) is 2.60. The molecule has 0 spiro atoms. The normalized spacial score (nSPS) is 15.3. The monoisotopic (exact) mass is 388 g/mol. The quantitative estimate of drug-likeness (QED) is 0.609. The largest absolute Gasteiger partial charge is 0.484 e. The van der Waals surface area contributed by atoms with Gasteiger partial charge in [0, 0.05) is 19.3 Å². The van der Waals surface area contributed by atoms with E-state index >= 15 is 0 Å². The minimum absolute atomic E-state index is 0.00954. The van der Waals surface area contributed by atoms with E-state index in [4.69, 9.17) is 9.47 Å². The van der Waals surface area contributed by atoms with E-state index in [-0.39, 0.29) is 18.6 Å². The molecule has 1 aliphatic rings. The van der Waals surface area contributed by atoms with Gasteiger partial charge in [0.05, 0.1) is 6.04 Å². The van der Waals surface area contributed by atoms with Gasteiger partial charge in [0.2, 0.25) is 5.88 Å². The maximum atomic E-state index is 12.7. The molecule has 5 nitrogen and oxygen atoms in total. The number of aryl methyl sites for hydroxylation is 1. The predicted octanol–water partition coefficient (Wildman–Crippen LogP) is 4.79. The van der Waals surface area contributed by atoms with E-state index < -0.39 is 0 Å². The summed E-state index contributed by atoms with van der Waals surface area (Å²) in [5.74, 6) is 1.80. The fourth-order valence-electron chi connectivity index (χ4n) is 3.68. The molecule has 29 heavy (non-hydrogen) atoms. The van der Waals surface area contributed by atoms with Crippen molar-refractivity contribution in [2.45, 2.75) is 25.3 Å². The average molecular weight is 388 g/mol. The second kappa shape index (κ2) is 8.78. The summed E-state index contributed by atoms with van der Waals surface area (Å²) >= 11 is 0. The number of benzene rings is 2. The number of rotatable bonds is 6. The number of amides is 1. The Bertz CT molecular complexity index is 957. The van der Waals surface area contributed by atoms with Crippen molar-refractivity contribution in [1.29, 1.82) is 0 Å². The van der Waals surface area contributed by atoms with Crippen molar-refractivity contribution < 1.29 is 14.3 Å². The van der Waals surface area contributed by atoms with Crippen molar-refractivity contribution in [3.63, 3.8) is 0 Å². The van der Waals surface area contributed by atoms with Gasteiger partial charge < -0.3 is 14.4 Å². The van der Waals surface area contributed by atoms with Crippen LogP contribution in [-0.2, 0) is 11.2 Å². The number of ether oxygens (including phenoxy) is 2. The Hall–Kier alpha value is -3.34. The van der Waals surface area contributed by atoms with Gasteiger partial charge in [-0.15, -0.1) is 0 Å². The standard InChI is InChI=1S/C24H24N2O3/c1-26(22-10-6-8-18-7-2-3-9-21(18)22)24(27)17-28-19-12-14-20(15-13-19)29-23-11-4-5-16-25-23/h2-5,7,9,11-16,22H,6,8,10,17H2,1H3. The fourth-order valence-corrected chi connectivity index (χ4v) is 3.68. The molecule has 4 rings (SSSR count). The molecule has 0 bridgehead atoms. The van der Waals surface area contributed by atoms with Crippen LogP contribution < -0.4 is 9.47 Å². The third-order valence-corrected chi connectivity index (χ3v) is 5.24. The molecule has 0 saturated heterocycles. The van der Waals surface area contributed by atoms with Gasteiger partial charge in [0.25, 0.3) is 5.91 Å². The molecule has 148 valence electrons. The van der Waals surface area contributed by atoms with Crippen LogP contribution in [0.4, 0.5) is 0 Å². The zero-order valence-corrected chi connectivity index (χ0v) is 16.5. The minimum atomic E-state index is -0.0273. The van der Waals surface area contributed by atoms with Crippen molar-refractivity contribution >= 4 is 5.91 Å². The van der Waals surface area contributed by atoms with Crippen LogP contribution in [-0.4, -0.2) is 29.4 Å². The predicted molar refractivity (Wildman–Crippen MR) is 111 cm³/mol. The third-order valence-electron chi connectivity index (χ3n) is 5.24. The van der Waals surface area contributed by atoms with Crippen LogP contribution in [0.5, 0.6) is 17.4 Å². The first-order valence-electron chi connectivity index (χ1n) is 9.86. The highest BCUT2D eigenvalue weighted by Crippen LogP contribution is 2.33. The number of fused-ring (bicyclic) bond motifs is 1. The summed E-state index contributed by atoms with van der Waals surface area (Å²) in [5, 5.41) is 0. The zero-order chi connectivity index (χ0) is 20.1. The number of nitrogens with zero attached hydrogens (tertiary/aromatic N) is 2. The van der Waals surface area contributed by atoms with E-state index in [2.05, 4.69) is 23.2 Å². The summed E-state index contributed by atoms with van der Waals surface area (Å²) in [4.78, 5) is 18.6. The van der Waals surface area contributed by atoms with Crippen molar-refractivity contribution in [3.05, 3.63) is 84.1 Å². The lowest BCUT2D eigenvalue weighted by Crippen LogP contribution is -2.36. The van der Waals surface area contributed by atoms with Gasteiger partial charge in [-0.1, -0.05) is 30.3 Å². The molecular formula is C24H24N2O3. The summed E-state index contributed by atoms with van der Waals surface area (Å²) in [6, 6.07) is 21.2. The fraction of sp³-hybridized carbons (Fsp3) is 0.250. The Morgan fingerprint density at radius 2 is 1.79 bits per heavy atom. The SMILES string of the molecule is CN(C(=O)COc1ccc(Oc2ccccn2)cc1)C1CCCc2ccccc21. The van der Waals surface area contributed by atoms with E-state index in [0.29, 0.717) is 17.4 Å². The van der Waals surface area contributed by atoms with Crippen molar-refractivity contribution in [3.8, 4) is 17.4 Å². The number of hydrogen-bond acceptors (Lipinski definition) is 4. The molecule has 0 fully saturated rings. The van der Waals surface area contributed by atoms with E-state index in [0.717, 1.165) is 19.3 Å². The number of hydrogen-bond donors (Lipinski definition) is 0. The number of pyridine rings is 1. The molecule has 0 aliphatic heterocycles. The van der Waals surface area contributed by atoms with Gasteiger partial charge in [-0.2, -0.15) is 0 Å². The molecule has 1 aliphatic carbocycles. The second-order valence-corrected chi connectivity index (χ2v) is 7.14. The highest BCUT2D eigenvalue weighted by atomic mass is 16.5. The lowest BCUT2D eigenvalue weighted by Gasteiger charge is -2.33. The lowest BCUT2D eigenvalue weighted by atomic mass is 9.87. The molecule has 1 heterocycles. The van der Waals surface area contributed by atoms with Gasteiger partial charge in [-0.3, -0.25) is 4.79 Å². The zero-order valence-electron chi connectivity index (χ0n) is 16.5. The Kier molecular flexibility index (Phi) is 5.75. The van der Waals surface area contributed by atoms with Crippen LogP contribution in [0.3, 0.4) is 0 Å². The van der Waals surface area contributed by atoms with Gasteiger partial charge in [-0.05, 0) is 60.7 Å². The molecule has 0 N–H and O–H groups in total. The molecular weight excluding hydrogens is 364 g/mol. The van der Waals surface area contributed by atoms with E-state index in [9.17, 15) is 4.79 Å². The number of carbonyl (C=O) groups is 1. The first kappa shape index (κ1) is 19.0. The van der Waals surface area contributed by atoms with Crippen LogP contribution >= 0.6 is 0 Å². The molecule has 1 atom stereocenters. The van der Waals surface area contributed by atoms with E-state index in [1.54, 1.807) is 36.5 Å². The average Bonchev–Trinajstić information content (AvgIpc) is 2.78. The molecule has 1 amide bonds. The Morgan fingerprint density at radius 3 is 2.59 bits per heavy atom. The summed E-state index contributed by atoms with van der Waals surface area (Å²) < 4.78 is 11.4. The van der Waals surface area contributed by atoms with Crippen LogP contribution in [0, 0.1) is 0 Å². The topological polar surface area (TPSA) is 51.7 Å². The maximum Gasteiger partial charge on any atom is 0.260 e. The van der Waals surface area contributed by atoms with Gasteiger partial charge >= 0.3 is 0 Å². The highest BCUT2D eigenvalue weighted by Gasteiger charge is 2.26. The number of carbonyl (C=O) groups excluding carboxylic acids is 1. The van der Waals surface area contributed by atoms with Crippen molar-refractivity contribution in [2.75, 3.05) is 13.7 Å². The van der Waals surface area contributed by atoms with E-state index in [1.807, 2.05) is 30.1 Å².